The Morgan fingerprint density at radius 3 is 2.51 bits per heavy atom. The van der Waals surface area contributed by atoms with Crippen molar-refractivity contribution in [2.45, 2.75) is 80.7 Å². The van der Waals surface area contributed by atoms with Crippen molar-refractivity contribution in [2.75, 3.05) is 12.3 Å². The van der Waals surface area contributed by atoms with Crippen LogP contribution in [0.25, 0.3) is 0 Å². The van der Waals surface area contributed by atoms with Gasteiger partial charge in [-0.05, 0) is 25.7 Å². The van der Waals surface area contributed by atoms with Crippen LogP contribution in [-0.2, 0) is 28.8 Å². The molecule has 14 heteroatoms. The lowest BCUT2D eigenvalue weighted by Gasteiger charge is -2.32. The first-order chi connectivity index (χ1) is 16.6. The number of carboxylic acids is 1. The molecule has 5 N–H and O–H groups in total. The van der Waals surface area contributed by atoms with E-state index in [1.54, 1.807) is 0 Å². The third kappa shape index (κ3) is 6.42. The number of nitrogens with zero attached hydrogens (tertiary/aromatic N) is 1. The third-order valence-corrected chi connectivity index (χ3v) is 7.90. The smallest absolute Gasteiger partial charge is 0.333 e. The molecule has 3 aliphatic heterocycles. The average molecular weight is 515 g/mol. The number of hydrogen-bond acceptors (Lipinski definition) is 9. The Morgan fingerprint density at radius 1 is 1.09 bits per heavy atom. The average Bonchev–Trinajstić information content (AvgIpc) is 3.41. The van der Waals surface area contributed by atoms with Gasteiger partial charge in [-0.25, -0.2) is 9.59 Å². The lowest BCUT2D eigenvalue weighted by atomic mass is 9.88. The molecule has 5 amide bonds. The lowest BCUT2D eigenvalue weighted by Crippen LogP contribution is -2.56. The minimum absolute atomic E-state index is 0.0180. The van der Waals surface area contributed by atoms with Gasteiger partial charge in [-0.2, -0.15) is 0 Å². The summed E-state index contributed by atoms with van der Waals surface area (Å²) in [6.07, 6.45) is 1.05. The molecule has 1 unspecified atom stereocenters. The Morgan fingerprint density at radius 2 is 1.83 bits per heavy atom. The number of thioether (sulfide) groups is 1. The number of fused-ring (bicyclic) bond motifs is 1. The first kappa shape index (κ1) is 26.7. The number of carbonyl (C=O) groups is 6. The zero-order valence-corrected chi connectivity index (χ0v) is 19.9. The highest BCUT2D eigenvalue weighted by atomic mass is 32.2. The van der Waals surface area contributed by atoms with Crippen molar-refractivity contribution < 1.29 is 43.8 Å². The quantitative estimate of drug-likeness (QED) is 0.121. The van der Waals surface area contributed by atoms with Crippen LogP contribution < -0.4 is 16.0 Å². The van der Waals surface area contributed by atoms with Gasteiger partial charge in [0.1, 0.15) is 10.9 Å². The zero-order valence-electron chi connectivity index (χ0n) is 19.1. The summed E-state index contributed by atoms with van der Waals surface area (Å²) in [6, 6.07) is -0.866. The number of nitrogens with one attached hydrogen (secondary N) is 3. The Hall–Kier alpha value is -2.87. The SMILES string of the molecule is O=C(O)CCCC[C@]1(C(=O)NCCCCCC(=O)ON2C(=O)CC(O)C2=O)SC[C@@H]2NC(=O)N[C@@H]21. The molecule has 0 bridgehead atoms. The van der Waals surface area contributed by atoms with Crippen LogP contribution in [-0.4, -0.2) is 86.2 Å². The summed E-state index contributed by atoms with van der Waals surface area (Å²) < 4.78 is -0.883. The Kier molecular flexibility index (Phi) is 8.94. The van der Waals surface area contributed by atoms with Crippen molar-refractivity contribution in [2.24, 2.45) is 0 Å². The summed E-state index contributed by atoms with van der Waals surface area (Å²) in [5.74, 6) is -3.01. The van der Waals surface area contributed by atoms with E-state index in [1.807, 2.05) is 0 Å². The minimum atomic E-state index is -1.49. The zero-order chi connectivity index (χ0) is 25.6. The number of aliphatic hydroxyl groups is 1. The molecule has 3 saturated heterocycles. The van der Waals surface area contributed by atoms with Gasteiger partial charge >= 0.3 is 18.0 Å². The molecule has 3 rings (SSSR count). The number of hydrogen-bond donors (Lipinski definition) is 5. The number of imide groups is 1. The fourth-order valence-corrected chi connectivity index (χ4v) is 6.06. The number of unbranched alkanes of at least 4 members (excludes halogenated alkanes) is 3. The number of urea groups is 1. The van der Waals surface area contributed by atoms with Crippen molar-refractivity contribution >= 4 is 47.5 Å². The normalized spacial score (nSPS) is 27.4. The van der Waals surface area contributed by atoms with Crippen molar-refractivity contribution in [3.05, 3.63) is 0 Å². The summed E-state index contributed by atoms with van der Waals surface area (Å²) >= 11 is 1.46. The molecular formula is C21H30N4O9S. The summed E-state index contributed by atoms with van der Waals surface area (Å²) in [7, 11) is 0. The van der Waals surface area contributed by atoms with E-state index in [1.165, 1.54) is 11.8 Å². The predicted octanol–water partition coefficient (Wildman–Crippen LogP) is -0.578. The fourth-order valence-electron chi connectivity index (χ4n) is 4.41. The molecule has 13 nitrogen and oxygen atoms in total. The van der Waals surface area contributed by atoms with E-state index < -0.39 is 41.0 Å². The second kappa shape index (κ2) is 11.7. The summed E-state index contributed by atoms with van der Waals surface area (Å²) in [5.41, 5.74) is 0. The van der Waals surface area contributed by atoms with E-state index in [9.17, 15) is 33.9 Å². The van der Waals surface area contributed by atoms with Gasteiger partial charge in [0, 0.05) is 25.1 Å². The second-order valence-corrected chi connectivity index (χ2v) is 10.1. The van der Waals surface area contributed by atoms with E-state index in [2.05, 4.69) is 16.0 Å². The number of aliphatic carboxylic acids is 1. The minimum Gasteiger partial charge on any atom is -0.481 e. The Labute approximate surface area is 205 Å². The van der Waals surface area contributed by atoms with Crippen LogP contribution in [0.4, 0.5) is 4.79 Å². The van der Waals surface area contributed by atoms with Crippen molar-refractivity contribution in [3.63, 3.8) is 0 Å². The standard InChI is InChI=1S/C21H30N4O9S/c26-13-10-14(27)25(18(13)31)34-16(30)7-2-1-5-9-22-19(32)21(8-4-3-6-15(28)29)17-12(11-35-21)23-20(33)24-17/h12-13,17,26H,1-11H2,(H,22,32)(H,28,29)(H2,23,24,33)/t12-,13?,17-,21-/m0/s1. The molecule has 0 aromatic rings. The summed E-state index contributed by atoms with van der Waals surface area (Å²) in [6.45, 7) is 0.347. The van der Waals surface area contributed by atoms with Gasteiger partial charge in [0.2, 0.25) is 5.91 Å². The van der Waals surface area contributed by atoms with Crippen LogP contribution in [0, 0.1) is 0 Å². The number of carbonyl (C=O) groups excluding carboxylic acids is 5. The van der Waals surface area contributed by atoms with Gasteiger partial charge in [-0.1, -0.05) is 17.9 Å². The lowest BCUT2D eigenvalue weighted by molar-refractivity contribution is -0.198. The number of rotatable bonds is 13. The first-order valence-corrected chi connectivity index (χ1v) is 12.6. The maximum Gasteiger partial charge on any atom is 0.333 e. The van der Waals surface area contributed by atoms with Crippen molar-refractivity contribution in [3.8, 4) is 0 Å². The highest BCUT2D eigenvalue weighted by Gasteiger charge is 2.57. The van der Waals surface area contributed by atoms with Crippen LogP contribution in [0.1, 0.15) is 57.8 Å². The second-order valence-electron chi connectivity index (χ2n) is 8.78. The summed E-state index contributed by atoms with van der Waals surface area (Å²) in [5, 5.41) is 27.0. The predicted molar refractivity (Wildman–Crippen MR) is 121 cm³/mol. The molecule has 0 aromatic carbocycles. The number of carboxylic acid groups (broad SMARTS) is 1. The molecule has 35 heavy (non-hydrogen) atoms. The molecule has 0 aromatic heterocycles. The van der Waals surface area contributed by atoms with Gasteiger partial charge < -0.3 is 31.0 Å². The molecule has 0 aliphatic carbocycles. The van der Waals surface area contributed by atoms with E-state index in [0.29, 0.717) is 55.9 Å². The maximum absolute atomic E-state index is 13.2. The first-order valence-electron chi connectivity index (χ1n) is 11.6. The molecule has 3 heterocycles. The number of amides is 5. The Balaban J connectivity index is 1.40. The van der Waals surface area contributed by atoms with Crippen LogP contribution in [0.3, 0.4) is 0 Å². The van der Waals surface area contributed by atoms with E-state index in [4.69, 9.17) is 9.94 Å². The molecule has 0 radical (unpaired) electrons. The molecule has 4 atom stereocenters. The van der Waals surface area contributed by atoms with E-state index in [0.717, 1.165) is 0 Å². The Bertz CT molecular complexity index is 885. The molecule has 194 valence electrons. The van der Waals surface area contributed by atoms with E-state index in [-0.39, 0.29) is 36.9 Å². The number of aliphatic hydroxyl groups excluding tert-OH is 1. The highest BCUT2D eigenvalue weighted by Crippen LogP contribution is 2.44. The highest BCUT2D eigenvalue weighted by molar-refractivity contribution is 8.01. The van der Waals surface area contributed by atoms with E-state index >= 15 is 0 Å². The largest absolute Gasteiger partial charge is 0.481 e. The van der Waals surface area contributed by atoms with Crippen LogP contribution in [0.15, 0.2) is 0 Å². The van der Waals surface area contributed by atoms with Crippen LogP contribution in [0.2, 0.25) is 0 Å². The van der Waals surface area contributed by atoms with Gasteiger partial charge in [0.05, 0.1) is 18.5 Å². The third-order valence-electron chi connectivity index (χ3n) is 6.22. The van der Waals surface area contributed by atoms with Crippen LogP contribution >= 0.6 is 11.8 Å². The number of hydroxylamine groups is 2. The topological polar surface area (TPSA) is 191 Å². The van der Waals surface area contributed by atoms with Crippen molar-refractivity contribution in [1.82, 2.24) is 21.0 Å². The monoisotopic (exact) mass is 514 g/mol. The maximum atomic E-state index is 13.2. The van der Waals surface area contributed by atoms with Crippen LogP contribution in [0.5, 0.6) is 0 Å². The molecular weight excluding hydrogens is 484 g/mol. The summed E-state index contributed by atoms with van der Waals surface area (Å²) in [4.78, 5) is 75.4. The molecule has 0 spiro atoms. The van der Waals surface area contributed by atoms with Gasteiger partial charge in [0.15, 0.2) is 0 Å². The van der Waals surface area contributed by atoms with Crippen molar-refractivity contribution in [1.29, 1.82) is 0 Å². The molecule has 3 fully saturated rings. The fraction of sp³-hybridized carbons (Fsp3) is 0.714. The molecule has 3 aliphatic rings. The van der Waals surface area contributed by atoms with Gasteiger partial charge in [-0.3, -0.25) is 19.2 Å². The molecule has 0 saturated carbocycles. The van der Waals surface area contributed by atoms with Gasteiger partial charge in [0.25, 0.3) is 11.8 Å². The van der Waals surface area contributed by atoms with Gasteiger partial charge in [-0.15, -0.1) is 11.8 Å².